The minimum absolute atomic E-state index is 0.0409. The lowest BCUT2D eigenvalue weighted by atomic mass is 10.1. The number of hydrogen-bond acceptors (Lipinski definition) is 4. The fraction of sp³-hybridized carbons (Fsp3) is 0.389. The number of thioether (sulfide) groups is 1. The Morgan fingerprint density at radius 3 is 2.41 bits per heavy atom. The summed E-state index contributed by atoms with van der Waals surface area (Å²) in [5.41, 5.74) is 2.78. The zero-order valence-electron chi connectivity index (χ0n) is 15.0. The molecule has 1 N–H and O–H groups in total. The summed E-state index contributed by atoms with van der Waals surface area (Å²) in [5.74, 6) is -2.72. The third-order valence-electron chi connectivity index (χ3n) is 4.00. The van der Waals surface area contributed by atoms with Crippen LogP contribution >= 0.6 is 35.0 Å². The Balaban J connectivity index is 1.99. The average molecular weight is 434 g/mol. The zero-order chi connectivity index (χ0) is 20.1. The van der Waals surface area contributed by atoms with E-state index in [9.17, 15) is 13.6 Å². The van der Waals surface area contributed by atoms with E-state index in [4.69, 9.17) is 23.2 Å². The van der Waals surface area contributed by atoms with Gasteiger partial charge in [-0.25, -0.2) is 9.97 Å². The molecule has 1 atom stereocenters. The minimum atomic E-state index is -2.57. The van der Waals surface area contributed by atoms with Crippen LogP contribution in [-0.2, 0) is 11.2 Å². The fourth-order valence-corrected chi connectivity index (χ4v) is 3.80. The monoisotopic (exact) mass is 433 g/mol. The number of aromatic nitrogens is 2. The van der Waals surface area contributed by atoms with Crippen LogP contribution in [0.15, 0.2) is 23.4 Å². The van der Waals surface area contributed by atoms with E-state index in [1.807, 2.05) is 6.92 Å². The highest BCUT2D eigenvalue weighted by molar-refractivity contribution is 7.99. The molecule has 0 aliphatic heterocycles. The van der Waals surface area contributed by atoms with Crippen LogP contribution < -0.4 is 5.32 Å². The standard InChI is InChI=1S/C18H19Cl2F2N3OS/c1-9-13(10(2)25-18(24-9)27-17(21)22)6-7-16(26)23-11(3)14-5-4-12(19)8-15(14)20/h4-5,8,11,17H,6-7H2,1-3H3,(H,23,26)/t11-/m0/s1. The summed E-state index contributed by atoms with van der Waals surface area (Å²) in [6, 6.07) is 4.85. The molecule has 1 aromatic carbocycles. The first kappa shape index (κ1) is 21.9. The van der Waals surface area contributed by atoms with E-state index < -0.39 is 5.76 Å². The SMILES string of the molecule is Cc1nc(SC(F)F)nc(C)c1CCC(=O)N[C@@H](C)c1ccc(Cl)cc1Cl. The summed E-state index contributed by atoms with van der Waals surface area (Å²) >= 11 is 12.4. The van der Waals surface area contributed by atoms with Crippen molar-refractivity contribution < 1.29 is 13.6 Å². The van der Waals surface area contributed by atoms with Crippen LogP contribution in [0.3, 0.4) is 0 Å². The van der Waals surface area contributed by atoms with Crippen molar-refractivity contribution in [2.75, 3.05) is 0 Å². The maximum Gasteiger partial charge on any atom is 0.291 e. The third-order valence-corrected chi connectivity index (χ3v) is 5.14. The van der Waals surface area contributed by atoms with Gasteiger partial charge in [0.25, 0.3) is 5.76 Å². The number of carbonyl (C=O) groups is 1. The molecular formula is C18H19Cl2F2N3OS. The summed E-state index contributed by atoms with van der Waals surface area (Å²) in [6.07, 6.45) is 0.645. The molecular weight excluding hydrogens is 415 g/mol. The van der Waals surface area contributed by atoms with Crippen molar-refractivity contribution in [3.8, 4) is 0 Å². The molecule has 0 fully saturated rings. The van der Waals surface area contributed by atoms with E-state index in [1.165, 1.54) is 0 Å². The molecule has 4 nitrogen and oxygen atoms in total. The molecule has 0 saturated heterocycles. The van der Waals surface area contributed by atoms with Crippen molar-refractivity contribution in [1.29, 1.82) is 0 Å². The topological polar surface area (TPSA) is 54.9 Å². The van der Waals surface area contributed by atoms with Crippen LogP contribution in [0.5, 0.6) is 0 Å². The van der Waals surface area contributed by atoms with Gasteiger partial charge in [0, 0.05) is 27.9 Å². The molecule has 0 unspecified atom stereocenters. The first-order chi connectivity index (χ1) is 12.7. The Labute approximate surface area is 171 Å². The normalized spacial score (nSPS) is 12.3. The van der Waals surface area contributed by atoms with Crippen LogP contribution in [-0.4, -0.2) is 21.6 Å². The van der Waals surface area contributed by atoms with Crippen molar-refractivity contribution in [2.24, 2.45) is 0 Å². The van der Waals surface area contributed by atoms with Gasteiger partial charge in [-0.3, -0.25) is 4.79 Å². The molecule has 0 spiro atoms. The van der Waals surface area contributed by atoms with Crippen molar-refractivity contribution in [1.82, 2.24) is 15.3 Å². The van der Waals surface area contributed by atoms with Crippen molar-refractivity contribution in [3.05, 3.63) is 50.8 Å². The van der Waals surface area contributed by atoms with E-state index in [-0.39, 0.29) is 23.5 Å². The van der Waals surface area contributed by atoms with E-state index in [0.29, 0.717) is 39.6 Å². The largest absolute Gasteiger partial charge is 0.350 e. The molecule has 146 valence electrons. The quantitative estimate of drug-likeness (QED) is 0.460. The Bertz CT molecular complexity index is 813. The smallest absolute Gasteiger partial charge is 0.291 e. The van der Waals surface area contributed by atoms with E-state index in [2.05, 4.69) is 15.3 Å². The Hall–Kier alpha value is -1.44. The second kappa shape index (κ2) is 9.66. The number of nitrogens with zero attached hydrogens (tertiary/aromatic N) is 2. The number of alkyl halides is 2. The average Bonchev–Trinajstić information content (AvgIpc) is 2.53. The maximum absolute atomic E-state index is 12.5. The van der Waals surface area contributed by atoms with Gasteiger partial charge in [-0.1, -0.05) is 29.3 Å². The molecule has 1 amide bonds. The fourth-order valence-electron chi connectivity index (χ4n) is 2.69. The van der Waals surface area contributed by atoms with Gasteiger partial charge in [-0.05, 0) is 62.2 Å². The summed E-state index contributed by atoms with van der Waals surface area (Å²) in [5, 5.41) is 3.95. The lowest BCUT2D eigenvalue weighted by Gasteiger charge is -2.16. The van der Waals surface area contributed by atoms with Gasteiger partial charge in [-0.15, -0.1) is 0 Å². The second-order valence-corrected chi connectivity index (χ2v) is 7.79. The Kier molecular flexibility index (Phi) is 7.82. The molecule has 1 heterocycles. The molecule has 0 bridgehead atoms. The summed E-state index contributed by atoms with van der Waals surface area (Å²) in [6.45, 7) is 5.30. The molecule has 0 saturated carbocycles. The van der Waals surface area contributed by atoms with Crippen molar-refractivity contribution in [3.63, 3.8) is 0 Å². The number of benzene rings is 1. The summed E-state index contributed by atoms with van der Waals surface area (Å²) < 4.78 is 24.9. The van der Waals surface area contributed by atoms with Crippen molar-refractivity contribution >= 4 is 40.9 Å². The minimum Gasteiger partial charge on any atom is -0.350 e. The van der Waals surface area contributed by atoms with Gasteiger partial charge < -0.3 is 5.32 Å². The molecule has 9 heteroatoms. The molecule has 0 radical (unpaired) electrons. The zero-order valence-corrected chi connectivity index (χ0v) is 17.4. The molecule has 0 aliphatic carbocycles. The molecule has 27 heavy (non-hydrogen) atoms. The van der Waals surface area contributed by atoms with Crippen LogP contribution in [0, 0.1) is 13.8 Å². The number of halogens is 4. The van der Waals surface area contributed by atoms with Crippen LogP contribution in [0.25, 0.3) is 0 Å². The Morgan fingerprint density at radius 1 is 1.22 bits per heavy atom. The highest BCUT2D eigenvalue weighted by atomic mass is 35.5. The van der Waals surface area contributed by atoms with Gasteiger partial charge in [0.15, 0.2) is 5.16 Å². The number of hydrogen-bond donors (Lipinski definition) is 1. The highest BCUT2D eigenvalue weighted by Crippen LogP contribution is 2.27. The maximum atomic E-state index is 12.5. The molecule has 2 aromatic rings. The number of nitrogens with one attached hydrogen (secondary N) is 1. The number of aryl methyl sites for hydroxylation is 2. The third kappa shape index (κ3) is 6.30. The number of amides is 1. The molecule has 2 rings (SSSR count). The first-order valence-electron chi connectivity index (χ1n) is 8.20. The second-order valence-electron chi connectivity index (χ2n) is 5.99. The highest BCUT2D eigenvalue weighted by Gasteiger charge is 2.16. The van der Waals surface area contributed by atoms with Gasteiger partial charge in [-0.2, -0.15) is 8.78 Å². The van der Waals surface area contributed by atoms with Crippen LogP contribution in [0.2, 0.25) is 10.0 Å². The summed E-state index contributed by atoms with van der Waals surface area (Å²) in [4.78, 5) is 20.5. The number of carbonyl (C=O) groups excluding carboxylic acids is 1. The predicted molar refractivity (Wildman–Crippen MR) is 105 cm³/mol. The predicted octanol–water partition coefficient (Wildman–Crippen LogP) is 5.52. The molecule has 0 aliphatic rings. The van der Waals surface area contributed by atoms with E-state index in [0.717, 1.165) is 11.1 Å². The lowest BCUT2D eigenvalue weighted by molar-refractivity contribution is -0.121. The first-order valence-corrected chi connectivity index (χ1v) is 9.84. The van der Waals surface area contributed by atoms with E-state index in [1.54, 1.807) is 32.0 Å². The van der Waals surface area contributed by atoms with Gasteiger partial charge >= 0.3 is 0 Å². The number of rotatable bonds is 7. The lowest BCUT2D eigenvalue weighted by Crippen LogP contribution is -2.27. The molecule has 1 aromatic heterocycles. The van der Waals surface area contributed by atoms with Crippen molar-refractivity contribution in [2.45, 2.75) is 50.6 Å². The van der Waals surface area contributed by atoms with E-state index >= 15 is 0 Å². The Morgan fingerprint density at radius 2 is 1.85 bits per heavy atom. The summed E-state index contributed by atoms with van der Waals surface area (Å²) in [7, 11) is 0. The van der Waals surface area contributed by atoms with Gasteiger partial charge in [0.1, 0.15) is 0 Å². The van der Waals surface area contributed by atoms with Crippen LogP contribution in [0.1, 0.15) is 41.9 Å². The van der Waals surface area contributed by atoms with Gasteiger partial charge in [0.05, 0.1) is 6.04 Å². The van der Waals surface area contributed by atoms with Gasteiger partial charge in [0.2, 0.25) is 5.91 Å². The van der Waals surface area contributed by atoms with Crippen LogP contribution in [0.4, 0.5) is 8.78 Å².